The minimum absolute atomic E-state index is 0.0921. The van der Waals surface area contributed by atoms with Crippen molar-refractivity contribution in [2.24, 2.45) is 0 Å². The van der Waals surface area contributed by atoms with E-state index in [1.54, 1.807) is 0 Å². The molecular weight excluding hydrogens is 264 g/mol. The summed E-state index contributed by atoms with van der Waals surface area (Å²) in [5.74, 6) is 0.865. The summed E-state index contributed by atoms with van der Waals surface area (Å²) in [5.41, 5.74) is 1.29. The molecule has 0 saturated carbocycles. The molecule has 0 amide bonds. The molecule has 0 aliphatic carbocycles. The van der Waals surface area contributed by atoms with E-state index in [4.69, 9.17) is 4.74 Å². The van der Waals surface area contributed by atoms with Gasteiger partial charge in [0.15, 0.2) is 0 Å². The molecule has 0 unspecified atom stereocenters. The van der Waals surface area contributed by atoms with E-state index < -0.39 is 0 Å². The molecular formula is C16H26N4O. The van der Waals surface area contributed by atoms with Gasteiger partial charge in [-0.15, -0.1) is 0 Å². The number of hydrogen-bond acceptors (Lipinski definition) is 5. The highest BCUT2D eigenvalue weighted by Crippen LogP contribution is 2.37. The standard InChI is InChI=1S/C16H26N4O/c1-4-13-10-17-15(18-11-13)20-7-5-16(6-8-20)9-14(12-21-16)19(2)3/h10-11,14H,4-9,12H2,1-3H3/t14-/m0/s1. The molecule has 0 N–H and O–H groups in total. The van der Waals surface area contributed by atoms with Crippen molar-refractivity contribution in [2.45, 2.75) is 44.2 Å². The number of hydrogen-bond donors (Lipinski definition) is 0. The van der Waals surface area contributed by atoms with Crippen LogP contribution in [0.2, 0.25) is 0 Å². The minimum Gasteiger partial charge on any atom is -0.373 e. The first-order chi connectivity index (χ1) is 10.1. The fourth-order valence-corrected chi connectivity index (χ4v) is 3.31. The normalized spacial score (nSPS) is 25.0. The smallest absolute Gasteiger partial charge is 0.225 e. The van der Waals surface area contributed by atoms with Crippen molar-refractivity contribution in [3.63, 3.8) is 0 Å². The van der Waals surface area contributed by atoms with Gasteiger partial charge in [0.25, 0.3) is 0 Å². The van der Waals surface area contributed by atoms with Gasteiger partial charge < -0.3 is 14.5 Å². The Labute approximate surface area is 127 Å². The molecule has 0 radical (unpaired) electrons. The summed E-state index contributed by atoms with van der Waals surface area (Å²) in [6.45, 7) is 4.98. The van der Waals surface area contributed by atoms with Crippen LogP contribution < -0.4 is 4.90 Å². The molecule has 3 heterocycles. The van der Waals surface area contributed by atoms with E-state index in [1.165, 1.54) is 5.56 Å². The summed E-state index contributed by atoms with van der Waals surface area (Å²) in [6, 6.07) is 0.566. The number of nitrogens with zero attached hydrogens (tertiary/aromatic N) is 4. The highest BCUT2D eigenvalue weighted by atomic mass is 16.5. The lowest BCUT2D eigenvalue weighted by atomic mass is 9.87. The number of piperidine rings is 1. The van der Waals surface area contributed by atoms with Gasteiger partial charge in [0.05, 0.1) is 12.2 Å². The largest absolute Gasteiger partial charge is 0.373 e. The first-order valence-corrected chi connectivity index (χ1v) is 7.98. The molecule has 1 aromatic heterocycles. The lowest BCUT2D eigenvalue weighted by Gasteiger charge is -2.38. The molecule has 2 saturated heterocycles. The fourth-order valence-electron chi connectivity index (χ4n) is 3.31. The quantitative estimate of drug-likeness (QED) is 0.848. The number of likely N-dealkylation sites (N-methyl/N-ethyl adjacent to an activating group) is 1. The predicted molar refractivity (Wildman–Crippen MR) is 83.6 cm³/mol. The molecule has 1 atom stereocenters. The first-order valence-electron chi connectivity index (χ1n) is 7.98. The molecule has 116 valence electrons. The van der Waals surface area contributed by atoms with E-state index >= 15 is 0 Å². The molecule has 0 aromatic carbocycles. The maximum absolute atomic E-state index is 6.17. The van der Waals surface area contributed by atoms with E-state index in [0.717, 1.165) is 51.3 Å². The monoisotopic (exact) mass is 290 g/mol. The van der Waals surface area contributed by atoms with Crippen LogP contribution in [0, 0.1) is 0 Å². The Kier molecular flexibility index (Phi) is 4.13. The van der Waals surface area contributed by atoms with Gasteiger partial charge >= 0.3 is 0 Å². The van der Waals surface area contributed by atoms with Gasteiger partial charge in [-0.05, 0) is 45.3 Å². The summed E-state index contributed by atoms with van der Waals surface area (Å²) < 4.78 is 6.17. The second-order valence-corrected chi connectivity index (χ2v) is 6.55. The van der Waals surface area contributed by atoms with Crippen LogP contribution in [-0.2, 0) is 11.2 Å². The second kappa shape index (κ2) is 5.89. The Morgan fingerprint density at radius 3 is 2.48 bits per heavy atom. The van der Waals surface area contributed by atoms with E-state index in [-0.39, 0.29) is 5.60 Å². The van der Waals surface area contributed by atoms with Crippen LogP contribution in [0.3, 0.4) is 0 Å². The van der Waals surface area contributed by atoms with Crippen LogP contribution in [0.1, 0.15) is 31.7 Å². The molecule has 2 aliphatic rings. The number of ether oxygens (including phenoxy) is 1. The Morgan fingerprint density at radius 1 is 1.29 bits per heavy atom. The summed E-state index contributed by atoms with van der Waals surface area (Å²) in [5, 5.41) is 0. The summed E-state index contributed by atoms with van der Waals surface area (Å²) >= 11 is 0. The number of aromatic nitrogens is 2. The fraction of sp³-hybridized carbons (Fsp3) is 0.750. The third-order valence-electron chi connectivity index (χ3n) is 4.98. The molecule has 1 spiro atoms. The van der Waals surface area contributed by atoms with Gasteiger partial charge in [0.1, 0.15) is 0 Å². The molecule has 1 aromatic rings. The summed E-state index contributed by atoms with van der Waals surface area (Å²) in [6.07, 6.45) is 8.20. The van der Waals surface area contributed by atoms with Crippen LogP contribution in [0.5, 0.6) is 0 Å². The van der Waals surface area contributed by atoms with Gasteiger partial charge in [0.2, 0.25) is 5.95 Å². The van der Waals surface area contributed by atoms with Crippen molar-refractivity contribution in [3.05, 3.63) is 18.0 Å². The van der Waals surface area contributed by atoms with Crippen molar-refractivity contribution in [1.82, 2.24) is 14.9 Å². The average molecular weight is 290 g/mol. The predicted octanol–water partition coefficient (Wildman–Crippen LogP) is 1.73. The Bertz CT molecular complexity index is 466. The SMILES string of the molecule is CCc1cnc(N2CCC3(CC2)C[C@H](N(C)C)CO3)nc1. The highest BCUT2D eigenvalue weighted by molar-refractivity contribution is 5.31. The van der Waals surface area contributed by atoms with E-state index in [2.05, 4.69) is 40.8 Å². The Morgan fingerprint density at radius 2 is 1.95 bits per heavy atom. The van der Waals surface area contributed by atoms with E-state index in [0.29, 0.717) is 6.04 Å². The van der Waals surface area contributed by atoms with Crippen LogP contribution in [0.15, 0.2) is 12.4 Å². The molecule has 0 bridgehead atoms. The summed E-state index contributed by atoms with van der Waals surface area (Å²) in [4.78, 5) is 13.6. The number of aryl methyl sites for hydroxylation is 1. The second-order valence-electron chi connectivity index (χ2n) is 6.55. The van der Waals surface area contributed by atoms with Gasteiger partial charge in [-0.25, -0.2) is 9.97 Å². The van der Waals surface area contributed by atoms with Crippen molar-refractivity contribution in [3.8, 4) is 0 Å². The lowest BCUT2D eigenvalue weighted by molar-refractivity contribution is -0.0157. The molecule has 5 nitrogen and oxygen atoms in total. The Balaban J connectivity index is 1.60. The van der Waals surface area contributed by atoms with Crippen LogP contribution in [0.4, 0.5) is 5.95 Å². The van der Waals surface area contributed by atoms with Gasteiger partial charge in [-0.3, -0.25) is 0 Å². The van der Waals surface area contributed by atoms with Gasteiger partial charge in [0, 0.05) is 31.5 Å². The average Bonchev–Trinajstić information content (AvgIpc) is 2.92. The molecule has 21 heavy (non-hydrogen) atoms. The topological polar surface area (TPSA) is 41.5 Å². The highest BCUT2D eigenvalue weighted by Gasteiger charge is 2.43. The number of anilines is 1. The zero-order valence-electron chi connectivity index (χ0n) is 13.4. The third-order valence-corrected chi connectivity index (χ3v) is 4.98. The third kappa shape index (κ3) is 3.04. The maximum Gasteiger partial charge on any atom is 0.225 e. The van der Waals surface area contributed by atoms with Crippen molar-refractivity contribution < 1.29 is 4.74 Å². The van der Waals surface area contributed by atoms with E-state index in [1.807, 2.05) is 12.4 Å². The molecule has 2 aliphatic heterocycles. The first kappa shape index (κ1) is 14.7. The zero-order chi connectivity index (χ0) is 14.9. The van der Waals surface area contributed by atoms with Crippen molar-refractivity contribution in [1.29, 1.82) is 0 Å². The van der Waals surface area contributed by atoms with Gasteiger partial charge in [-0.2, -0.15) is 0 Å². The van der Waals surface area contributed by atoms with Gasteiger partial charge in [-0.1, -0.05) is 6.92 Å². The molecule has 3 rings (SSSR count). The van der Waals surface area contributed by atoms with Crippen molar-refractivity contribution >= 4 is 5.95 Å². The lowest BCUT2D eigenvalue weighted by Crippen LogP contribution is -2.45. The molecule has 2 fully saturated rings. The maximum atomic E-state index is 6.17. The van der Waals surface area contributed by atoms with Crippen LogP contribution >= 0.6 is 0 Å². The Hall–Kier alpha value is -1.20. The van der Waals surface area contributed by atoms with Crippen LogP contribution in [-0.4, -0.2) is 60.3 Å². The number of rotatable bonds is 3. The zero-order valence-corrected chi connectivity index (χ0v) is 13.4. The van der Waals surface area contributed by atoms with E-state index in [9.17, 15) is 0 Å². The summed E-state index contributed by atoms with van der Waals surface area (Å²) in [7, 11) is 4.29. The van der Waals surface area contributed by atoms with Crippen LogP contribution in [0.25, 0.3) is 0 Å². The minimum atomic E-state index is 0.0921. The molecule has 5 heteroatoms. The van der Waals surface area contributed by atoms with Crippen molar-refractivity contribution in [2.75, 3.05) is 38.7 Å².